The molecular weight excluding hydrogens is 883 g/mol. The van der Waals surface area contributed by atoms with Gasteiger partial charge in [0.05, 0.1) is 55.3 Å². The molecule has 0 aliphatic rings. The van der Waals surface area contributed by atoms with Crippen LogP contribution >= 0.6 is 0 Å². The third-order valence-corrected chi connectivity index (χ3v) is 12.0. The van der Waals surface area contributed by atoms with Crippen molar-refractivity contribution in [3.8, 4) is 0 Å². The molecule has 0 aliphatic carbocycles. The van der Waals surface area contributed by atoms with Crippen molar-refractivity contribution in [3.05, 3.63) is 232 Å². The van der Waals surface area contributed by atoms with Gasteiger partial charge in [0.1, 0.15) is 0 Å². The van der Waals surface area contributed by atoms with E-state index in [2.05, 4.69) is 211 Å². The first-order valence-electron chi connectivity index (χ1n) is 24.1. The lowest BCUT2D eigenvalue weighted by Gasteiger charge is -2.01. The van der Waals surface area contributed by atoms with Crippen molar-refractivity contribution in [2.75, 3.05) is 0 Å². The minimum Gasteiger partial charge on any atom is -0.256 e. The van der Waals surface area contributed by atoms with Gasteiger partial charge in [-0.1, -0.05) is 60.7 Å². The van der Waals surface area contributed by atoms with Crippen LogP contribution in [0.4, 0.5) is 0 Å². The average molecular weight is 946 g/mol. The molecule has 6 aromatic carbocycles. The molecule has 9 nitrogen and oxygen atoms in total. The predicted molar refractivity (Wildman–Crippen MR) is 301 cm³/mol. The fourth-order valence-electron chi connectivity index (χ4n) is 7.83. The number of hydrogen-bond donors (Lipinski definition) is 0. The average Bonchev–Trinajstić information content (AvgIpc) is 3.36. The van der Waals surface area contributed by atoms with E-state index in [0.717, 1.165) is 61.0 Å². The lowest BCUT2D eigenvalue weighted by Crippen LogP contribution is -1.88. The summed E-state index contributed by atoms with van der Waals surface area (Å²) in [5.41, 5.74) is 23.6. The standard InChI is InChI=1S/3C11H11N.3C10H10N2/c1-8-3-5-10-6-4-9(2)12-11(10)7-8;1-8-3-4-10-5-9(2)7-12-11(10)6-8;1-8-3-4-10-9(2)5-6-12-11(10)7-8;1-7-5-9-10(6-8(7)2)12-4-3-11-9;1-7-3-4-9-10(5-7)11-6-8(2)12-9;1-7-3-4-8(2)10-9(7)11-5-6-12-10/h3*3-7H,1-2H3;3*3-6H,1-2H3. The second-order valence-electron chi connectivity index (χ2n) is 18.4. The second kappa shape index (κ2) is 23.9. The molecular formula is C63H63N9. The number of aryl methyl sites for hydroxylation is 12. The molecule has 6 aromatic heterocycles. The summed E-state index contributed by atoms with van der Waals surface area (Å²) in [7, 11) is 0. The summed E-state index contributed by atoms with van der Waals surface area (Å²) in [6, 6.07) is 41.8. The zero-order valence-corrected chi connectivity index (χ0v) is 43.6. The van der Waals surface area contributed by atoms with E-state index >= 15 is 0 Å². The van der Waals surface area contributed by atoms with Crippen LogP contribution in [-0.4, -0.2) is 44.9 Å². The molecule has 0 N–H and O–H groups in total. The largest absolute Gasteiger partial charge is 0.256 e. The van der Waals surface area contributed by atoms with Crippen molar-refractivity contribution in [2.24, 2.45) is 0 Å². The summed E-state index contributed by atoms with van der Waals surface area (Å²) in [6.45, 7) is 24.7. The fourth-order valence-corrected chi connectivity index (χ4v) is 7.83. The molecule has 0 amide bonds. The third kappa shape index (κ3) is 13.9. The summed E-state index contributed by atoms with van der Waals surface area (Å²) in [5, 5.41) is 3.69. The van der Waals surface area contributed by atoms with E-state index in [1.165, 1.54) is 71.8 Å². The molecule has 0 radical (unpaired) electrons. The van der Waals surface area contributed by atoms with Crippen LogP contribution < -0.4 is 0 Å². The van der Waals surface area contributed by atoms with Gasteiger partial charge in [-0.05, 0) is 199 Å². The lowest BCUT2D eigenvalue weighted by molar-refractivity contribution is 1.18. The number of hydrogen-bond acceptors (Lipinski definition) is 9. The molecule has 0 atom stereocenters. The van der Waals surface area contributed by atoms with Crippen LogP contribution in [0.5, 0.6) is 0 Å². The SMILES string of the molecule is Cc1cc2nccnc2cc1C.Cc1ccc(C)c2nccnc12.Cc1ccc2c(C)ccnc2c1.Cc1ccc2ccc(C)nc2c1.Cc1ccc2nc(C)cnc2c1.Cc1cnc2cc(C)ccc2c1. The van der Waals surface area contributed by atoms with Crippen LogP contribution in [-0.2, 0) is 0 Å². The third-order valence-electron chi connectivity index (χ3n) is 12.0. The minimum atomic E-state index is 0.964. The topological polar surface area (TPSA) is 116 Å². The number of nitrogens with zero attached hydrogens (tertiary/aromatic N) is 9. The molecule has 0 bridgehead atoms. The van der Waals surface area contributed by atoms with Gasteiger partial charge in [0, 0.05) is 65.2 Å². The monoisotopic (exact) mass is 946 g/mol. The summed E-state index contributed by atoms with van der Waals surface area (Å²) < 4.78 is 0. The van der Waals surface area contributed by atoms with Crippen molar-refractivity contribution in [2.45, 2.75) is 83.1 Å². The van der Waals surface area contributed by atoms with Gasteiger partial charge >= 0.3 is 0 Å². The first kappa shape index (κ1) is 51.4. The Balaban J connectivity index is 0.000000127. The number of rotatable bonds is 0. The quantitative estimate of drug-likeness (QED) is 0.146. The van der Waals surface area contributed by atoms with Crippen molar-refractivity contribution >= 4 is 65.8 Å². The Morgan fingerprint density at radius 3 is 1.36 bits per heavy atom. The van der Waals surface area contributed by atoms with E-state index in [4.69, 9.17) is 0 Å². The molecule has 360 valence electrons. The van der Waals surface area contributed by atoms with Gasteiger partial charge < -0.3 is 0 Å². The molecule has 0 saturated carbocycles. The van der Waals surface area contributed by atoms with Crippen molar-refractivity contribution in [1.82, 2.24) is 44.9 Å². The second-order valence-corrected chi connectivity index (χ2v) is 18.4. The Labute approximate surface area is 423 Å². The zero-order valence-electron chi connectivity index (χ0n) is 43.6. The van der Waals surface area contributed by atoms with Crippen LogP contribution in [0.1, 0.15) is 67.0 Å². The van der Waals surface area contributed by atoms with Crippen LogP contribution in [0.2, 0.25) is 0 Å². The maximum atomic E-state index is 4.44. The Bertz CT molecular complexity index is 3510. The summed E-state index contributed by atoms with van der Waals surface area (Å²) in [5.74, 6) is 0. The Morgan fingerprint density at radius 1 is 0.250 bits per heavy atom. The maximum absolute atomic E-state index is 4.44. The molecule has 12 rings (SSSR count). The molecule has 0 fully saturated rings. The van der Waals surface area contributed by atoms with Gasteiger partial charge in [0.25, 0.3) is 0 Å². The number of fused-ring (bicyclic) bond motifs is 6. The first-order chi connectivity index (χ1) is 34.6. The maximum Gasteiger partial charge on any atom is 0.0918 e. The lowest BCUT2D eigenvalue weighted by atomic mass is 10.1. The van der Waals surface area contributed by atoms with Gasteiger partial charge in [0.15, 0.2) is 0 Å². The normalized spacial score (nSPS) is 10.5. The van der Waals surface area contributed by atoms with Crippen LogP contribution in [0.25, 0.3) is 65.8 Å². The van der Waals surface area contributed by atoms with Crippen molar-refractivity contribution < 1.29 is 0 Å². The Morgan fingerprint density at radius 2 is 0.722 bits per heavy atom. The molecule has 12 aromatic rings. The fraction of sp³-hybridized carbons (Fsp3) is 0.190. The minimum absolute atomic E-state index is 0.964. The molecule has 0 spiro atoms. The van der Waals surface area contributed by atoms with Crippen molar-refractivity contribution in [3.63, 3.8) is 0 Å². The van der Waals surface area contributed by atoms with Gasteiger partial charge in [-0.3, -0.25) is 39.9 Å². The zero-order chi connectivity index (χ0) is 51.3. The van der Waals surface area contributed by atoms with E-state index in [-0.39, 0.29) is 0 Å². The number of aromatic nitrogens is 9. The van der Waals surface area contributed by atoms with Crippen LogP contribution in [0.15, 0.2) is 165 Å². The van der Waals surface area contributed by atoms with Gasteiger partial charge in [-0.2, -0.15) is 0 Å². The summed E-state index contributed by atoms with van der Waals surface area (Å²) in [4.78, 5) is 38.7. The summed E-state index contributed by atoms with van der Waals surface area (Å²) >= 11 is 0. The summed E-state index contributed by atoms with van der Waals surface area (Å²) in [6.07, 6.45) is 12.5. The van der Waals surface area contributed by atoms with Gasteiger partial charge in [-0.25, -0.2) is 4.98 Å². The molecule has 0 saturated heterocycles. The molecule has 0 unspecified atom stereocenters. The molecule has 6 heterocycles. The highest BCUT2D eigenvalue weighted by molar-refractivity contribution is 5.83. The highest BCUT2D eigenvalue weighted by Gasteiger charge is 2.02. The molecule has 0 aliphatic heterocycles. The predicted octanol–water partition coefficient (Wildman–Crippen LogP) is 15.3. The van der Waals surface area contributed by atoms with Crippen LogP contribution in [0, 0.1) is 83.1 Å². The van der Waals surface area contributed by atoms with E-state index in [1.807, 2.05) is 50.5 Å². The molecule has 72 heavy (non-hydrogen) atoms. The Hall–Kier alpha value is -8.43. The van der Waals surface area contributed by atoms with E-state index in [9.17, 15) is 0 Å². The number of pyridine rings is 3. The van der Waals surface area contributed by atoms with Crippen molar-refractivity contribution in [1.29, 1.82) is 0 Å². The highest BCUT2D eigenvalue weighted by Crippen LogP contribution is 2.19. The Kier molecular flexibility index (Phi) is 17.1. The van der Waals surface area contributed by atoms with Gasteiger partial charge in [-0.15, -0.1) is 0 Å². The molecule has 9 heteroatoms. The smallest absolute Gasteiger partial charge is 0.0918 e. The van der Waals surface area contributed by atoms with E-state index in [1.54, 1.807) is 31.0 Å². The van der Waals surface area contributed by atoms with Crippen LogP contribution in [0.3, 0.4) is 0 Å². The van der Waals surface area contributed by atoms with Gasteiger partial charge in [0.2, 0.25) is 0 Å². The first-order valence-corrected chi connectivity index (χ1v) is 24.1. The van der Waals surface area contributed by atoms with E-state index in [0.29, 0.717) is 0 Å². The van der Waals surface area contributed by atoms with E-state index < -0.39 is 0 Å². The highest BCUT2D eigenvalue weighted by atomic mass is 14.8. The number of benzene rings is 6.